The maximum atomic E-state index is 13.0. The van der Waals surface area contributed by atoms with Crippen molar-refractivity contribution in [3.05, 3.63) is 45.9 Å². The lowest BCUT2D eigenvalue weighted by Crippen LogP contribution is -2.27. The molecule has 0 radical (unpaired) electrons. The van der Waals surface area contributed by atoms with Gasteiger partial charge in [-0.1, -0.05) is 30.1 Å². The molecule has 29 heavy (non-hydrogen) atoms. The van der Waals surface area contributed by atoms with Gasteiger partial charge in [0.25, 0.3) is 15.9 Å². The quantitative estimate of drug-likeness (QED) is 0.634. The molecule has 0 heterocycles. The number of hydrogen-bond acceptors (Lipinski definition) is 5. The summed E-state index contributed by atoms with van der Waals surface area (Å²) in [5.74, 6) is 0.238. The third-order valence-corrected chi connectivity index (χ3v) is 6.23. The van der Waals surface area contributed by atoms with E-state index in [2.05, 4.69) is 4.72 Å². The average Bonchev–Trinajstić information content (AvgIpc) is 2.67. The molecule has 0 aromatic heterocycles. The molecular formula is C19H22Cl2N2O5S. The summed E-state index contributed by atoms with van der Waals surface area (Å²) in [5, 5.41) is 0.174. The Kier molecular flexibility index (Phi) is 7.62. The van der Waals surface area contributed by atoms with Gasteiger partial charge in [0.05, 0.1) is 30.0 Å². The minimum absolute atomic E-state index is 0.0224. The number of carbonyl (C=O) groups is 1. The summed E-state index contributed by atoms with van der Waals surface area (Å²) in [6.07, 6.45) is 0.778. The zero-order valence-electron chi connectivity index (χ0n) is 16.5. The first-order chi connectivity index (χ1) is 13.6. The molecule has 7 nitrogen and oxygen atoms in total. The Labute approximate surface area is 180 Å². The van der Waals surface area contributed by atoms with E-state index in [-0.39, 0.29) is 37.8 Å². The predicted octanol–water partition coefficient (Wildman–Crippen LogP) is 4.29. The summed E-state index contributed by atoms with van der Waals surface area (Å²) >= 11 is 12.2. The number of amides is 1. The smallest absolute Gasteiger partial charge is 0.263 e. The van der Waals surface area contributed by atoms with Gasteiger partial charge in [0.1, 0.15) is 16.4 Å². The molecule has 0 atom stereocenters. The van der Waals surface area contributed by atoms with Crippen LogP contribution in [0.4, 0.5) is 5.69 Å². The van der Waals surface area contributed by atoms with E-state index in [1.807, 2.05) is 6.92 Å². The molecule has 0 aliphatic heterocycles. The van der Waals surface area contributed by atoms with Crippen molar-refractivity contribution in [2.75, 3.05) is 32.5 Å². The van der Waals surface area contributed by atoms with Crippen molar-refractivity contribution in [1.29, 1.82) is 0 Å². The number of nitrogens with one attached hydrogen (secondary N) is 1. The summed E-state index contributed by atoms with van der Waals surface area (Å²) in [6.45, 7) is 2.49. The summed E-state index contributed by atoms with van der Waals surface area (Å²) < 4.78 is 38.7. The van der Waals surface area contributed by atoms with E-state index in [1.54, 1.807) is 7.05 Å². The predicted molar refractivity (Wildman–Crippen MR) is 114 cm³/mol. The van der Waals surface area contributed by atoms with Crippen LogP contribution in [0, 0.1) is 0 Å². The van der Waals surface area contributed by atoms with Crippen LogP contribution < -0.4 is 14.2 Å². The number of nitrogens with zero attached hydrogens (tertiary/aromatic N) is 1. The van der Waals surface area contributed by atoms with Gasteiger partial charge in [0.2, 0.25) is 0 Å². The maximum absolute atomic E-state index is 13.0. The highest BCUT2D eigenvalue weighted by atomic mass is 35.5. The molecule has 0 spiro atoms. The molecule has 0 aliphatic rings. The van der Waals surface area contributed by atoms with Gasteiger partial charge in [-0.25, -0.2) is 8.42 Å². The maximum Gasteiger partial charge on any atom is 0.263 e. The van der Waals surface area contributed by atoms with Crippen LogP contribution in [-0.4, -0.2) is 47.0 Å². The lowest BCUT2D eigenvalue weighted by Gasteiger charge is -2.18. The molecule has 0 saturated heterocycles. The number of benzene rings is 2. The minimum atomic E-state index is -4.14. The highest BCUT2D eigenvalue weighted by molar-refractivity contribution is 7.92. The van der Waals surface area contributed by atoms with E-state index in [0.29, 0.717) is 12.3 Å². The summed E-state index contributed by atoms with van der Waals surface area (Å²) in [7, 11) is 0.329. The molecule has 0 bridgehead atoms. The number of rotatable bonds is 8. The largest absolute Gasteiger partial charge is 0.495 e. The van der Waals surface area contributed by atoms with Crippen LogP contribution >= 0.6 is 23.2 Å². The molecule has 158 valence electrons. The number of hydrogen-bond donors (Lipinski definition) is 1. The van der Waals surface area contributed by atoms with Crippen molar-refractivity contribution in [3.63, 3.8) is 0 Å². The van der Waals surface area contributed by atoms with Crippen molar-refractivity contribution in [3.8, 4) is 11.5 Å². The molecule has 10 heteroatoms. The molecule has 0 aliphatic carbocycles. The van der Waals surface area contributed by atoms with Crippen LogP contribution in [0.3, 0.4) is 0 Å². The Bertz CT molecular complexity index is 1010. The molecule has 0 saturated carbocycles. The molecule has 2 aromatic rings. The van der Waals surface area contributed by atoms with Gasteiger partial charge in [-0.05, 0) is 30.7 Å². The summed E-state index contributed by atoms with van der Waals surface area (Å²) in [5.41, 5.74) is 0.319. The van der Waals surface area contributed by atoms with Gasteiger partial charge < -0.3 is 14.4 Å². The topological polar surface area (TPSA) is 84.9 Å². The second kappa shape index (κ2) is 9.56. The van der Waals surface area contributed by atoms with Crippen molar-refractivity contribution in [2.24, 2.45) is 0 Å². The number of carbonyl (C=O) groups excluding carboxylic acids is 1. The van der Waals surface area contributed by atoms with Crippen LogP contribution in [-0.2, 0) is 10.0 Å². The van der Waals surface area contributed by atoms with E-state index in [4.69, 9.17) is 32.7 Å². The number of sulfonamides is 1. The van der Waals surface area contributed by atoms with Gasteiger partial charge in [0.15, 0.2) is 0 Å². The van der Waals surface area contributed by atoms with Crippen LogP contribution in [0.15, 0.2) is 35.2 Å². The van der Waals surface area contributed by atoms with Gasteiger partial charge in [-0.15, -0.1) is 0 Å². The lowest BCUT2D eigenvalue weighted by atomic mass is 10.2. The first kappa shape index (κ1) is 23.1. The monoisotopic (exact) mass is 460 g/mol. The standard InChI is InChI=1S/C19H22Cl2N2O5S/c1-5-8-23(2)19(24)12-6-7-13(20)18(9-12)29(25,26)22-15-10-14(21)16(27-3)11-17(15)28-4/h6-7,9-11,22H,5,8H2,1-4H3. The zero-order valence-corrected chi connectivity index (χ0v) is 18.8. The Balaban J connectivity index is 2.45. The van der Waals surface area contributed by atoms with Gasteiger partial charge in [-0.3, -0.25) is 9.52 Å². The Morgan fingerprint density at radius 2 is 1.72 bits per heavy atom. The van der Waals surface area contributed by atoms with E-state index >= 15 is 0 Å². The molecule has 1 amide bonds. The second-order valence-electron chi connectivity index (χ2n) is 6.16. The Hall–Kier alpha value is -2.16. The molecule has 2 aromatic carbocycles. The molecule has 0 unspecified atom stereocenters. The molecule has 0 fully saturated rings. The lowest BCUT2D eigenvalue weighted by molar-refractivity contribution is 0.0795. The zero-order chi connectivity index (χ0) is 21.8. The van der Waals surface area contributed by atoms with E-state index < -0.39 is 10.0 Å². The van der Waals surface area contributed by atoms with Gasteiger partial charge in [0, 0.05) is 25.2 Å². The molecule has 2 rings (SSSR count). The van der Waals surface area contributed by atoms with E-state index in [1.165, 1.54) is 49.5 Å². The Morgan fingerprint density at radius 1 is 1.07 bits per heavy atom. The first-order valence-electron chi connectivity index (χ1n) is 8.64. The van der Waals surface area contributed by atoms with Crippen LogP contribution in [0.2, 0.25) is 10.0 Å². The third kappa shape index (κ3) is 5.26. The fraction of sp³-hybridized carbons (Fsp3) is 0.316. The number of anilines is 1. The summed E-state index contributed by atoms with van der Waals surface area (Å²) in [4.78, 5) is 13.8. The fourth-order valence-corrected chi connectivity index (χ4v) is 4.47. The van der Waals surface area contributed by atoms with Crippen molar-refractivity contribution in [2.45, 2.75) is 18.2 Å². The SMILES string of the molecule is CCCN(C)C(=O)c1ccc(Cl)c(S(=O)(=O)Nc2cc(Cl)c(OC)cc2OC)c1. The number of halogens is 2. The second-order valence-corrected chi connectivity index (χ2v) is 8.63. The van der Waals surface area contributed by atoms with Crippen LogP contribution in [0.5, 0.6) is 11.5 Å². The van der Waals surface area contributed by atoms with Crippen LogP contribution in [0.25, 0.3) is 0 Å². The summed E-state index contributed by atoms with van der Waals surface area (Å²) in [6, 6.07) is 6.94. The van der Waals surface area contributed by atoms with E-state index in [9.17, 15) is 13.2 Å². The average molecular weight is 461 g/mol. The van der Waals surface area contributed by atoms with Crippen molar-refractivity contribution >= 4 is 44.8 Å². The fourth-order valence-electron chi connectivity index (χ4n) is 2.64. The molecule has 1 N–H and O–H groups in total. The van der Waals surface area contributed by atoms with Gasteiger partial charge in [-0.2, -0.15) is 0 Å². The third-order valence-electron chi connectivity index (χ3n) is 4.09. The number of methoxy groups -OCH3 is 2. The molecular weight excluding hydrogens is 439 g/mol. The Morgan fingerprint density at radius 3 is 2.31 bits per heavy atom. The number of ether oxygens (including phenoxy) is 2. The minimum Gasteiger partial charge on any atom is -0.495 e. The van der Waals surface area contributed by atoms with Gasteiger partial charge >= 0.3 is 0 Å². The van der Waals surface area contributed by atoms with E-state index in [0.717, 1.165) is 6.42 Å². The van der Waals surface area contributed by atoms with Crippen molar-refractivity contribution in [1.82, 2.24) is 4.90 Å². The normalized spacial score (nSPS) is 11.1. The highest BCUT2D eigenvalue weighted by Crippen LogP contribution is 2.37. The van der Waals surface area contributed by atoms with Crippen molar-refractivity contribution < 1.29 is 22.7 Å². The first-order valence-corrected chi connectivity index (χ1v) is 10.9. The van der Waals surface area contributed by atoms with Crippen LogP contribution in [0.1, 0.15) is 23.7 Å². The highest BCUT2D eigenvalue weighted by Gasteiger charge is 2.23.